The molecule has 2 unspecified atom stereocenters. The Hall–Kier alpha value is -0.860. The molecule has 0 radical (unpaired) electrons. The zero-order valence-electron chi connectivity index (χ0n) is 12.6. The third-order valence-corrected chi connectivity index (χ3v) is 3.92. The van der Waals surface area contributed by atoms with Gasteiger partial charge in [0.2, 0.25) is 0 Å². The van der Waals surface area contributed by atoms with Crippen LogP contribution in [0, 0.1) is 11.3 Å². The maximum atomic E-state index is 5.39. The number of benzene rings is 1. The van der Waals surface area contributed by atoms with Crippen molar-refractivity contribution < 1.29 is 4.74 Å². The first kappa shape index (κ1) is 14.5. The second-order valence-electron chi connectivity index (χ2n) is 6.78. The van der Waals surface area contributed by atoms with E-state index >= 15 is 0 Å². The second kappa shape index (κ2) is 6.06. The maximum absolute atomic E-state index is 5.39. The monoisotopic (exact) mass is 261 g/mol. The van der Waals surface area contributed by atoms with Crippen LogP contribution in [0.25, 0.3) is 0 Å². The molecule has 1 aliphatic rings. The van der Waals surface area contributed by atoms with Crippen LogP contribution in [0.15, 0.2) is 30.3 Å². The summed E-state index contributed by atoms with van der Waals surface area (Å²) in [5, 5.41) is 3.85. The molecular formula is C17H27NO. The molecule has 0 spiro atoms. The summed E-state index contributed by atoms with van der Waals surface area (Å²) in [6, 6.07) is 11.6. The lowest BCUT2D eigenvalue weighted by Crippen LogP contribution is -2.42. The van der Waals surface area contributed by atoms with Crippen LogP contribution in [-0.4, -0.2) is 19.8 Å². The van der Waals surface area contributed by atoms with Crippen molar-refractivity contribution in [1.82, 2.24) is 5.32 Å². The quantitative estimate of drug-likeness (QED) is 0.841. The minimum absolute atomic E-state index is 0.197. The molecule has 2 heteroatoms. The van der Waals surface area contributed by atoms with Crippen LogP contribution < -0.4 is 5.32 Å². The van der Waals surface area contributed by atoms with Crippen molar-refractivity contribution in [2.75, 3.05) is 13.7 Å². The number of methoxy groups -OCH3 is 1. The summed E-state index contributed by atoms with van der Waals surface area (Å²) >= 11 is 0. The van der Waals surface area contributed by atoms with Crippen molar-refractivity contribution in [3.8, 4) is 0 Å². The fourth-order valence-electron chi connectivity index (χ4n) is 2.70. The summed E-state index contributed by atoms with van der Waals surface area (Å²) in [7, 11) is 1.80. The Morgan fingerprint density at radius 3 is 2.32 bits per heavy atom. The van der Waals surface area contributed by atoms with Gasteiger partial charge in [-0.3, -0.25) is 0 Å². The van der Waals surface area contributed by atoms with Gasteiger partial charge < -0.3 is 10.1 Å². The lowest BCUT2D eigenvalue weighted by molar-refractivity contribution is 0.134. The van der Waals surface area contributed by atoms with E-state index in [9.17, 15) is 0 Å². The van der Waals surface area contributed by atoms with Crippen molar-refractivity contribution in [2.45, 2.75) is 45.7 Å². The standard InChI is InChI=1S/C17H27NO/c1-17(2,3)16(14-8-6-5-7-9-14)18-15(12-19-4)13-10-11-13/h5-9,13,15-16,18H,10-12H2,1-4H3. The van der Waals surface area contributed by atoms with Gasteiger partial charge in [0.1, 0.15) is 0 Å². The van der Waals surface area contributed by atoms with E-state index in [2.05, 4.69) is 56.4 Å². The van der Waals surface area contributed by atoms with Crippen LogP contribution in [0.3, 0.4) is 0 Å². The molecule has 1 saturated carbocycles. The Labute approximate surface area is 117 Å². The average molecular weight is 261 g/mol. The second-order valence-corrected chi connectivity index (χ2v) is 6.78. The van der Waals surface area contributed by atoms with Crippen LogP contribution in [0.4, 0.5) is 0 Å². The van der Waals surface area contributed by atoms with Crippen molar-refractivity contribution in [1.29, 1.82) is 0 Å². The molecule has 0 bridgehead atoms. The number of hydrogen-bond acceptors (Lipinski definition) is 2. The Morgan fingerprint density at radius 1 is 1.21 bits per heavy atom. The highest BCUT2D eigenvalue weighted by molar-refractivity contribution is 5.21. The molecule has 0 amide bonds. The third-order valence-electron chi connectivity index (χ3n) is 3.92. The smallest absolute Gasteiger partial charge is 0.0618 e. The summed E-state index contributed by atoms with van der Waals surface area (Å²) in [6.07, 6.45) is 2.68. The van der Waals surface area contributed by atoms with Crippen molar-refractivity contribution >= 4 is 0 Å². The number of rotatable bonds is 6. The minimum Gasteiger partial charge on any atom is -0.383 e. The van der Waals surface area contributed by atoms with Gasteiger partial charge in [0.25, 0.3) is 0 Å². The van der Waals surface area contributed by atoms with E-state index in [0.29, 0.717) is 12.1 Å². The fourth-order valence-corrected chi connectivity index (χ4v) is 2.70. The van der Waals surface area contributed by atoms with E-state index in [1.165, 1.54) is 18.4 Å². The van der Waals surface area contributed by atoms with Crippen molar-refractivity contribution in [3.63, 3.8) is 0 Å². The van der Waals surface area contributed by atoms with Crippen LogP contribution in [-0.2, 0) is 4.74 Å². The highest BCUT2D eigenvalue weighted by Crippen LogP contribution is 2.38. The summed E-state index contributed by atoms with van der Waals surface area (Å²) in [5.41, 5.74) is 1.57. The van der Waals surface area contributed by atoms with Gasteiger partial charge in [-0.25, -0.2) is 0 Å². The summed E-state index contributed by atoms with van der Waals surface area (Å²) in [5.74, 6) is 0.800. The topological polar surface area (TPSA) is 21.3 Å². The fraction of sp³-hybridized carbons (Fsp3) is 0.647. The molecular weight excluding hydrogens is 234 g/mol. The Morgan fingerprint density at radius 2 is 1.84 bits per heavy atom. The van der Waals surface area contributed by atoms with E-state index in [0.717, 1.165) is 12.5 Å². The molecule has 106 valence electrons. The van der Waals surface area contributed by atoms with Gasteiger partial charge in [-0.15, -0.1) is 0 Å². The molecule has 1 aliphatic carbocycles. The number of hydrogen-bond donors (Lipinski definition) is 1. The predicted octanol–water partition coefficient (Wildman–Crippen LogP) is 3.79. The molecule has 0 aromatic heterocycles. The van der Waals surface area contributed by atoms with Gasteiger partial charge in [0.15, 0.2) is 0 Å². The maximum Gasteiger partial charge on any atom is 0.0618 e. The van der Waals surface area contributed by atoms with Crippen LogP contribution in [0.5, 0.6) is 0 Å². The van der Waals surface area contributed by atoms with E-state index in [1.54, 1.807) is 7.11 Å². The third kappa shape index (κ3) is 4.05. The summed E-state index contributed by atoms with van der Waals surface area (Å²) in [4.78, 5) is 0. The highest BCUT2D eigenvalue weighted by Gasteiger charge is 2.35. The molecule has 0 aliphatic heterocycles. The molecule has 1 aromatic rings. The molecule has 1 aromatic carbocycles. The largest absolute Gasteiger partial charge is 0.383 e. The molecule has 2 nitrogen and oxygen atoms in total. The Bertz CT molecular complexity index is 378. The molecule has 0 heterocycles. The van der Waals surface area contributed by atoms with E-state index in [4.69, 9.17) is 4.74 Å². The lowest BCUT2D eigenvalue weighted by atomic mass is 9.81. The number of nitrogens with one attached hydrogen (secondary N) is 1. The first-order chi connectivity index (χ1) is 9.02. The van der Waals surface area contributed by atoms with Crippen molar-refractivity contribution in [2.24, 2.45) is 11.3 Å². The van der Waals surface area contributed by atoms with E-state index in [1.807, 2.05) is 0 Å². The van der Waals surface area contributed by atoms with Gasteiger partial charge in [0.05, 0.1) is 6.61 Å². The van der Waals surface area contributed by atoms with Gasteiger partial charge >= 0.3 is 0 Å². The van der Waals surface area contributed by atoms with Gasteiger partial charge in [0, 0.05) is 19.2 Å². The molecule has 19 heavy (non-hydrogen) atoms. The number of ether oxygens (including phenoxy) is 1. The zero-order valence-corrected chi connectivity index (χ0v) is 12.6. The minimum atomic E-state index is 0.197. The summed E-state index contributed by atoms with van der Waals surface area (Å²) in [6.45, 7) is 7.71. The molecule has 2 rings (SSSR count). The Balaban J connectivity index is 2.14. The van der Waals surface area contributed by atoms with Gasteiger partial charge in [-0.05, 0) is 29.7 Å². The van der Waals surface area contributed by atoms with Crippen LogP contribution in [0.2, 0.25) is 0 Å². The zero-order chi connectivity index (χ0) is 13.9. The highest BCUT2D eigenvalue weighted by atomic mass is 16.5. The van der Waals surface area contributed by atoms with Gasteiger partial charge in [-0.2, -0.15) is 0 Å². The first-order valence-electron chi connectivity index (χ1n) is 7.32. The van der Waals surface area contributed by atoms with Crippen LogP contribution in [0.1, 0.15) is 45.2 Å². The van der Waals surface area contributed by atoms with Crippen molar-refractivity contribution in [3.05, 3.63) is 35.9 Å². The normalized spacial score (nSPS) is 19.2. The SMILES string of the molecule is COCC(NC(c1ccccc1)C(C)(C)C)C1CC1. The average Bonchev–Trinajstić information content (AvgIpc) is 3.18. The van der Waals surface area contributed by atoms with Crippen LogP contribution >= 0.6 is 0 Å². The molecule has 0 saturated heterocycles. The predicted molar refractivity (Wildman–Crippen MR) is 80.2 cm³/mol. The van der Waals surface area contributed by atoms with Gasteiger partial charge in [-0.1, -0.05) is 51.1 Å². The van der Waals surface area contributed by atoms with E-state index in [-0.39, 0.29) is 5.41 Å². The molecule has 2 atom stereocenters. The van der Waals surface area contributed by atoms with E-state index < -0.39 is 0 Å². The summed E-state index contributed by atoms with van der Waals surface area (Å²) < 4.78 is 5.39. The molecule has 1 N–H and O–H groups in total. The molecule has 1 fully saturated rings. The lowest BCUT2D eigenvalue weighted by Gasteiger charge is -2.35. The first-order valence-corrected chi connectivity index (χ1v) is 7.32. The Kier molecular flexibility index (Phi) is 4.64.